The van der Waals surface area contributed by atoms with Gasteiger partial charge in [-0.25, -0.2) is 15.0 Å². The van der Waals surface area contributed by atoms with Crippen LogP contribution in [-0.4, -0.2) is 47.0 Å². The lowest BCUT2D eigenvalue weighted by molar-refractivity contribution is -0.0914. The maximum Gasteiger partial charge on any atom is 0.281 e. The summed E-state index contributed by atoms with van der Waals surface area (Å²) in [5, 5.41) is 8.32. The quantitative estimate of drug-likeness (QED) is 0.346. The van der Waals surface area contributed by atoms with E-state index in [-0.39, 0.29) is 11.8 Å². The van der Waals surface area contributed by atoms with Crippen LogP contribution in [0.4, 0.5) is 11.5 Å². The average Bonchev–Trinajstić information content (AvgIpc) is 3.30. The summed E-state index contributed by atoms with van der Waals surface area (Å²) in [6, 6.07) is 16.6. The Morgan fingerprint density at radius 3 is 2.56 bits per heavy atom. The average molecular weight is 476 g/mol. The van der Waals surface area contributed by atoms with Crippen molar-refractivity contribution in [2.45, 2.75) is 13.8 Å². The first-order valence-electron chi connectivity index (χ1n) is 10.9. The highest BCUT2D eigenvalue weighted by molar-refractivity contribution is 7.20. The lowest BCUT2D eigenvalue weighted by Crippen LogP contribution is -2.30. The Kier molecular flexibility index (Phi) is 7.15. The molecule has 3 aromatic heterocycles. The number of hydrogen-bond acceptors (Lipinski definition) is 7. The molecule has 0 spiro atoms. The molecular weight excluding hydrogens is 450 g/mol. The summed E-state index contributed by atoms with van der Waals surface area (Å²) < 4.78 is 0. The normalized spacial score (nSPS) is 10.8. The van der Waals surface area contributed by atoms with E-state index in [1.165, 1.54) is 23.5 Å². The fraction of sp³-hybridized carbons (Fsp3) is 0.200. The predicted octanol–water partition coefficient (Wildman–Crippen LogP) is 5.07. The molecule has 0 unspecified atom stereocenters. The summed E-state index contributed by atoms with van der Waals surface area (Å²) >= 11 is 1.36. The molecule has 8 nitrogen and oxygen atoms in total. The highest BCUT2D eigenvalue weighted by atomic mass is 32.1. The molecular formula is C25H25N5O3S. The second-order valence-corrected chi connectivity index (χ2v) is 8.38. The lowest BCUT2D eigenvalue weighted by Gasteiger charge is -2.19. The van der Waals surface area contributed by atoms with Gasteiger partial charge in [-0.15, -0.1) is 11.3 Å². The summed E-state index contributed by atoms with van der Waals surface area (Å²) in [5.41, 5.74) is 2.69. The van der Waals surface area contributed by atoms with E-state index < -0.39 is 0 Å². The molecule has 0 bridgehead atoms. The largest absolute Gasteiger partial charge is 0.370 e. The lowest BCUT2D eigenvalue weighted by atomic mass is 10.1. The van der Waals surface area contributed by atoms with E-state index in [1.807, 2.05) is 56.3 Å². The molecule has 1 aromatic carbocycles. The van der Waals surface area contributed by atoms with Crippen LogP contribution in [0.2, 0.25) is 0 Å². The number of pyridine rings is 2. The molecule has 0 radical (unpaired) electrons. The molecule has 4 aromatic rings. The van der Waals surface area contributed by atoms with Crippen LogP contribution in [0.15, 0.2) is 60.8 Å². The van der Waals surface area contributed by atoms with Crippen molar-refractivity contribution < 1.29 is 14.4 Å². The number of rotatable bonds is 8. The van der Waals surface area contributed by atoms with E-state index in [0.29, 0.717) is 40.7 Å². The summed E-state index contributed by atoms with van der Waals surface area (Å²) in [6.45, 7) is 4.83. The highest BCUT2D eigenvalue weighted by Crippen LogP contribution is 2.26. The second kappa shape index (κ2) is 10.4. The molecule has 0 saturated heterocycles. The van der Waals surface area contributed by atoms with Gasteiger partial charge in [0.25, 0.3) is 11.8 Å². The number of benzene rings is 1. The number of anilines is 2. The molecule has 3 heterocycles. The van der Waals surface area contributed by atoms with Crippen LogP contribution < -0.4 is 10.6 Å². The zero-order valence-electron chi connectivity index (χ0n) is 19.2. The summed E-state index contributed by atoms with van der Waals surface area (Å²) in [4.78, 5) is 41.0. The molecule has 0 saturated carbocycles. The molecule has 0 aliphatic rings. The first kappa shape index (κ1) is 23.3. The van der Waals surface area contributed by atoms with Gasteiger partial charge in [0, 0.05) is 35.9 Å². The Bertz CT molecular complexity index is 1280. The highest BCUT2D eigenvalue weighted by Gasteiger charge is 2.19. The maximum atomic E-state index is 12.7. The number of thiophene rings is 1. The van der Waals surface area contributed by atoms with Gasteiger partial charge in [0.05, 0.1) is 23.2 Å². The van der Waals surface area contributed by atoms with Crippen molar-refractivity contribution in [1.29, 1.82) is 0 Å². The van der Waals surface area contributed by atoms with E-state index in [0.717, 1.165) is 15.8 Å². The molecule has 0 aliphatic heterocycles. The Balaban J connectivity index is 1.53. The van der Waals surface area contributed by atoms with Crippen LogP contribution in [0.3, 0.4) is 0 Å². The molecule has 2 amide bonds. The van der Waals surface area contributed by atoms with Crippen LogP contribution in [0.25, 0.3) is 21.5 Å². The van der Waals surface area contributed by atoms with Crippen molar-refractivity contribution in [3.8, 4) is 11.3 Å². The molecule has 0 aliphatic carbocycles. The van der Waals surface area contributed by atoms with Crippen LogP contribution in [0.5, 0.6) is 0 Å². The second-order valence-electron chi connectivity index (χ2n) is 7.35. The standard InChI is InChI=1S/C25H25N5O3S/c1-4-26-22-19(25(32)30(5-2)33-3)12-13-20(29-22)16-8-10-18(11-9-16)28-23(31)21-15-17-7-6-14-27-24(17)34-21/h6-15H,4-5H2,1-3H3,(H,26,29)(H,28,31). The zero-order chi connectivity index (χ0) is 24.1. The third-order valence-electron chi connectivity index (χ3n) is 5.16. The number of carbonyl (C=O) groups excluding carboxylic acids is 2. The number of hydrogen-bond donors (Lipinski definition) is 2. The molecule has 9 heteroatoms. The van der Waals surface area contributed by atoms with Crippen molar-refractivity contribution in [3.05, 3.63) is 71.2 Å². The first-order chi connectivity index (χ1) is 16.5. The fourth-order valence-electron chi connectivity index (χ4n) is 3.49. The number of hydroxylamine groups is 2. The van der Waals surface area contributed by atoms with Gasteiger partial charge in [-0.05, 0) is 50.2 Å². The Labute approximate surface area is 201 Å². The van der Waals surface area contributed by atoms with Gasteiger partial charge in [0.15, 0.2) is 0 Å². The van der Waals surface area contributed by atoms with E-state index in [2.05, 4.69) is 20.6 Å². The molecule has 2 N–H and O–H groups in total. The van der Waals surface area contributed by atoms with Crippen molar-refractivity contribution >= 4 is 44.9 Å². The van der Waals surface area contributed by atoms with Crippen molar-refractivity contribution in [2.75, 3.05) is 30.8 Å². The number of amides is 2. The summed E-state index contributed by atoms with van der Waals surface area (Å²) in [5.74, 6) is 0.0653. The summed E-state index contributed by atoms with van der Waals surface area (Å²) in [6.07, 6.45) is 1.72. The van der Waals surface area contributed by atoms with Crippen LogP contribution in [0.1, 0.15) is 33.9 Å². The minimum absolute atomic E-state index is 0.176. The number of aromatic nitrogens is 2. The van der Waals surface area contributed by atoms with Gasteiger partial charge >= 0.3 is 0 Å². The third kappa shape index (κ3) is 4.90. The van der Waals surface area contributed by atoms with E-state index in [9.17, 15) is 9.59 Å². The Morgan fingerprint density at radius 1 is 1.09 bits per heavy atom. The molecule has 0 atom stereocenters. The molecule has 174 valence electrons. The van der Waals surface area contributed by atoms with Gasteiger partial charge < -0.3 is 10.6 Å². The van der Waals surface area contributed by atoms with Crippen molar-refractivity contribution in [1.82, 2.24) is 15.0 Å². The number of fused-ring (bicyclic) bond motifs is 1. The molecule has 4 rings (SSSR count). The Hall–Kier alpha value is -3.82. The maximum absolute atomic E-state index is 12.7. The SMILES string of the molecule is CCNc1nc(-c2ccc(NC(=O)c3cc4cccnc4s3)cc2)ccc1C(=O)N(CC)OC. The van der Waals surface area contributed by atoms with E-state index in [4.69, 9.17) is 4.84 Å². The van der Waals surface area contributed by atoms with Gasteiger partial charge in [0.2, 0.25) is 0 Å². The smallest absolute Gasteiger partial charge is 0.281 e. The van der Waals surface area contributed by atoms with Gasteiger partial charge in [-0.3, -0.25) is 14.4 Å². The van der Waals surface area contributed by atoms with E-state index in [1.54, 1.807) is 18.3 Å². The fourth-order valence-corrected chi connectivity index (χ4v) is 4.38. The number of carbonyl (C=O) groups is 2. The first-order valence-corrected chi connectivity index (χ1v) is 11.7. The monoisotopic (exact) mass is 475 g/mol. The van der Waals surface area contributed by atoms with Gasteiger partial charge in [-0.2, -0.15) is 0 Å². The van der Waals surface area contributed by atoms with Crippen molar-refractivity contribution in [2.24, 2.45) is 0 Å². The van der Waals surface area contributed by atoms with Gasteiger partial charge in [-0.1, -0.05) is 18.2 Å². The van der Waals surface area contributed by atoms with Crippen LogP contribution >= 0.6 is 11.3 Å². The minimum Gasteiger partial charge on any atom is -0.370 e. The van der Waals surface area contributed by atoms with Crippen molar-refractivity contribution in [3.63, 3.8) is 0 Å². The third-order valence-corrected chi connectivity index (χ3v) is 6.22. The molecule has 34 heavy (non-hydrogen) atoms. The zero-order valence-corrected chi connectivity index (χ0v) is 20.0. The summed E-state index contributed by atoms with van der Waals surface area (Å²) in [7, 11) is 1.47. The van der Waals surface area contributed by atoms with Crippen LogP contribution in [0, 0.1) is 0 Å². The van der Waals surface area contributed by atoms with Crippen LogP contribution in [-0.2, 0) is 4.84 Å². The minimum atomic E-state index is -0.255. The number of nitrogens with one attached hydrogen (secondary N) is 2. The Morgan fingerprint density at radius 2 is 1.88 bits per heavy atom. The topological polar surface area (TPSA) is 96.4 Å². The molecule has 0 fully saturated rings. The van der Waals surface area contributed by atoms with Gasteiger partial charge in [0.1, 0.15) is 10.6 Å². The number of nitrogens with zero attached hydrogens (tertiary/aromatic N) is 3. The predicted molar refractivity (Wildman–Crippen MR) is 135 cm³/mol. The van der Waals surface area contributed by atoms with E-state index >= 15 is 0 Å².